The molecule has 0 bridgehead atoms. The molecule has 0 aliphatic heterocycles. The van der Waals surface area contributed by atoms with Gasteiger partial charge in [0.05, 0.1) is 5.56 Å². The SMILES string of the molecule is Cc1ccc(F)c(C(=O)N(C)Cc2ccccc2Cl)c1. The van der Waals surface area contributed by atoms with E-state index >= 15 is 0 Å². The van der Waals surface area contributed by atoms with E-state index in [1.54, 1.807) is 25.2 Å². The monoisotopic (exact) mass is 291 g/mol. The van der Waals surface area contributed by atoms with E-state index in [4.69, 9.17) is 11.6 Å². The standard InChI is InChI=1S/C16H15ClFNO/c1-11-7-8-15(18)13(9-11)16(20)19(2)10-12-5-3-4-6-14(12)17/h3-9H,10H2,1-2H3. The van der Waals surface area contributed by atoms with E-state index in [1.165, 1.54) is 11.0 Å². The molecular weight excluding hydrogens is 277 g/mol. The Balaban J connectivity index is 2.21. The number of hydrogen-bond acceptors (Lipinski definition) is 1. The summed E-state index contributed by atoms with van der Waals surface area (Å²) in [6.07, 6.45) is 0. The van der Waals surface area contributed by atoms with Gasteiger partial charge >= 0.3 is 0 Å². The number of carbonyl (C=O) groups excluding carboxylic acids is 1. The summed E-state index contributed by atoms with van der Waals surface area (Å²) in [6.45, 7) is 2.16. The van der Waals surface area contributed by atoms with Crippen molar-refractivity contribution in [2.24, 2.45) is 0 Å². The van der Waals surface area contributed by atoms with Crippen LogP contribution in [0.25, 0.3) is 0 Å². The summed E-state index contributed by atoms with van der Waals surface area (Å²) in [5.74, 6) is -0.863. The number of amides is 1. The number of carbonyl (C=O) groups is 1. The summed E-state index contributed by atoms with van der Waals surface area (Å²) in [7, 11) is 1.63. The van der Waals surface area contributed by atoms with Crippen LogP contribution in [-0.4, -0.2) is 17.9 Å². The van der Waals surface area contributed by atoms with Crippen molar-refractivity contribution in [1.29, 1.82) is 0 Å². The van der Waals surface area contributed by atoms with Crippen molar-refractivity contribution in [3.8, 4) is 0 Å². The van der Waals surface area contributed by atoms with Gasteiger partial charge in [0.25, 0.3) is 5.91 Å². The highest BCUT2D eigenvalue weighted by Crippen LogP contribution is 2.18. The van der Waals surface area contributed by atoms with Gasteiger partial charge in [0, 0.05) is 18.6 Å². The summed E-state index contributed by atoms with van der Waals surface area (Å²) >= 11 is 6.06. The minimum absolute atomic E-state index is 0.0829. The molecule has 0 aliphatic rings. The van der Waals surface area contributed by atoms with Crippen LogP contribution in [0.15, 0.2) is 42.5 Å². The molecule has 0 spiro atoms. The van der Waals surface area contributed by atoms with Crippen LogP contribution in [0, 0.1) is 12.7 Å². The number of benzene rings is 2. The first-order valence-corrected chi connectivity index (χ1v) is 6.62. The molecule has 0 fully saturated rings. The molecule has 0 heterocycles. The lowest BCUT2D eigenvalue weighted by atomic mass is 10.1. The van der Waals surface area contributed by atoms with Crippen LogP contribution < -0.4 is 0 Å². The van der Waals surface area contributed by atoms with E-state index in [2.05, 4.69) is 0 Å². The Morgan fingerprint density at radius 3 is 2.65 bits per heavy atom. The molecule has 0 saturated heterocycles. The molecule has 0 N–H and O–H groups in total. The van der Waals surface area contributed by atoms with Gasteiger partial charge in [-0.1, -0.05) is 41.4 Å². The third-order valence-electron chi connectivity index (χ3n) is 3.06. The lowest BCUT2D eigenvalue weighted by molar-refractivity contribution is 0.0780. The quantitative estimate of drug-likeness (QED) is 0.835. The van der Waals surface area contributed by atoms with Crippen LogP contribution in [0.2, 0.25) is 5.02 Å². The van der Waals surface area contributed by atoms with E-state index in [0.29, 0.717) is 11.6 Å². The van der Waals surface area contributed by atoms with Gasteiger partial charge in [0.15, 0.2) is 0 Å². The summed E-state index contributed by atoms with van der Waals surface area (Å²) in [4.78, 5) is 13.7. The van der Waals surface area contributed by atoms with Gasteiger partial charge in [-0.15, -0.1) is 0 Å². The molecule has 2 rings (SSSR count). The lowest BCUT2D eigenvalue weighted by Crippen LogP contribution is -2.27. The van der Waals surface area contributed by atoms with Crippen molar-refractivity contribution in [3.63, 3.8) is 0 Å². The smallest absolute Gasteiger partial charge is 0.256 e. The number of aryl methyl sites for hydroxylation is 1. The molecule has 0 aromatic heterocycles. The van der Waals surface area contributed by atoms with Crippen molar-refractivity contribution in [1.82, 2.24) is 4.90 Å². The van der Waals surface area contributed by atoms with Crippen molar-refractivity contribution < 1.29 is 9.18 Å². The number of nitrogens with zero attached hydrogens (tertiary/aromatic N) is 1. The summed E-state index contributed by atoms with van der Waals surface area (Å²) in [5.41, 5.74) is 1.76. The second kappa shape index (κ2) is 6.06. The third-order valence-corrected chi connectivity index (χ3v) is 3.43. The first kappa shape index (κ1) is 14.5. The Morgan fingerprint density at radius 2 is 1.95 bits per heavy atom. The average Bonchev–Trinajstić information content (AvgIpc) is 2.43. The highest BCUT2D eigenvalue weighted by molar-refractivity contribution is 6.31. The normalized spacial score (nSPS) is 10.4. The number of rotatable bonds is 3. The topological polar surface area (TPSA) is 20.3 Å². The molecule has 0 aliphatic carbocycles. The highest BCUT2D eigenvalue weighted by Gasteiger charge is 2.17. The Morgan fingerprint density at radius 1 is 1.25 bits per heavy atom. The molecule has 2 aromatic rings. The molecule has 104 valence electrons. The minimum atomic E-state index is -0.508. The third kappa shape index (κ3) is 3.17. The zero-order valence-corrected chi connectivity index (χ0v) is 12.1. The number of halogens is 2. The average molecular weight is 292 g/mol. The molecule has 2 nitrogen and oxygen atoms in total. The van der Waals surface area contributed by atoms with Crippen molar-refractivity contribution in [2.45, 2.75) is 13.5 Å². The molecule has 4 heteroatoms. The van der Waals surface area contributed by atoms with Crippen molar-refractivity contribution in [3.05, 3.63) is 70.0 Å². The van der Waals surface area contributed by atoms with Crippen molar-refractivity contribution in [2.75, 3.05) is 7.05 Å². The van der Waals surface area contributed by atoms with Crippen LogP contribution >= 0.6 is 11.6 Å². The fourth-order valence-corrected chi connectivity index (χ4v) is 2.16. The molecule has 0 radical (unpaired) electrons. The number of hydrogen-bond donors (Lipinski definition) is 0. The minimum Gasteiger partial charge on any atom is -0.337 e. The Kier molecular flexibility index (Phi) is 4.40. The molecule has 2 aromatic carbocycles. The van der Waals surface area contributed by atoms with E-state index in [1.807, 2.05) is 25.1 Å². The summed E-state index contributed by atoms with van der Waals surface area (Å²) < 4.78 is 13.7. The Labute approximate surface area is 122 Å². The second-order valence-corrected chi connectivity index (χ2v) is 5.14. The molecular formula is C16H15ClFNO. The molecule has 0 saturated carbocycles. The molecule has 20 heavy (non-hydrogen) atoms. The largest absolute Gasteiger partial charge is 0.337 e. The maximum atomic E-state index is 13.7. The van der Waals surface area contributed by atoms with E-state index in [9.17, 15) is 9.18 Å². The van der Waals surface area contributed by atoms with Gasteiger partial charge in [-0.3, -0.25) is 4.79 Å². The van der Waals surface area contributed by atoms with Gasteiger partial charge in [0.2, 0.25) is 0 Å². The van der Waals surface area contributed by atoms with Crippen molar-refractivity contribution >= 4 is 17.5 Å². The predicted octanol–water partition coefficient (Wildman–Crippen LogP) is 4.06. The second-order valence-electron chi connectivity index (χ2n) is 4.74. The first-order valence-electron chi connectivity index (χ1n) is 6.24. The molecule has 0 unspecified atom stereocenters. The Bertz CT molecular complexity index is 642. The summed E-state index contributed by atoms with van der Waals surface area (Å²) in [6, 6.07) is 11.8. The molecule has 1 amide bonds. The molecule has 0 atom stereocenters. The van der Waals surface area contributed by atoms with Gasteiger partial charge in [-0.25, -0.2) is 4.39 Å². The fraction of sp³-hybridized carbons (Fsp3) is 0.188. The highest BCUT2D eigenvalue weighted by atomic mass is 35.5. The van der Waals surface area contributed by atoms with Crippen LogP contribution in [0.1, 0.15) is 21.5 Å². The zero-order chi connectivity index (χ0) is 14.7. The Hall–Kier alpha value is -1.87. The van der Waals surface area contributed by atoms with Gasteiger partial charge in [-0.2, -0.15) is 0 Å². The van der Waals surface area contributed by atoms with Crippen LogP contribution in [-0.2, 0) is 6.54 Å². The van der Waals surface area contributed by atoms with E-state index in [0.717, 1.165) is 11.1 Å². The van der Waals surface area contributed by atoms with Gasteiger partial charge < -0.3 is 4.90 Å². The van der Waals surface area contributed by atoms with Gasteiger partial charge in [0.1, 0.15) is 5.82 Å². The zero-order valence-electron chi connectivity index (χ0n) is 11.4. The fourth-order valence-electron chi connectivity index (χ4n) is 1.96. The lowest BCUT2D eigenvalue weighted by Gasteiger charge is -2.18. The first-order chi connectivity index (χ1) is 9.49. The van der Waals surface area contributed by atoms with Crippen LogP contribution in [0.4, 0.5) is 4.39 Å². The van der Waals surface area contributed by atoms with Crippen LogP contribution in [0.3, 0.4) is 0 Å². The predicted molar refractivity (Wildman–Crippen MR) is 78.4 cm³/mol. The van der Waals surface area contributed by atoms with Gasteiger partial charge in [-0.05, 0) is 30.7 Å². The van der Waals surface area contributed by atoms with E-state index < -0.39 is 5.82 Å². The van der Waals surface area contributed by atoms with E-state index in [-0.39, 0.29) is 11.5 Å². The van der Waals surface area contributed by atoms with Crippen LogP contribution in [0.5, 0.6) is 0 Å². The maximum absolute atomic E-state index is 13.7. The maximum Gasteiger partial charge on any atom is 0.256 e. The summed E-state index contributed by atoms with van der Waals surface area (Å²) in [5, 5.41) is 0.594.